The Labute approximate surface area is 131 Å². The van der Waals surface area contributed by atoms with Crippen molar-refractivity contribution in [2.24, 2.45) is 0 Å². The van der Waals surface area contributed by atoms with Crippen molar-refractivity contribution in [2.75, 3.05) is 5.73 Å². The van der Waals surface area contributed by atoms with Gasteiger partial charge < -0.3 is 9.92 Å². The van der Waals surface area contributed by atoms with Gasteiger partial charge in [-0.3, -0.25) is 10.1 Å². The first-order valence-electron chi connectivity index (χ1n) is 5.95. The molecule has 0 radical (unpaired) electrons. The van der Waals surface area contributed by atoms with Crippen LogP contribution in [-0.4, -0.2) is 13.3 Å². The minimum Gasteiger partial charge on any atom is -0.393 e. The topological polar surface area (TPSA) is 113 Å². The molecule has 7 nitrogen and oxygen atoms in total. The monoisotopic (exact) mass is 342 g/mol. The molecule has 0 aliphatic carbocycles. The molecule has 0 unspecified atom stereocenters. The van der Waals surface area contributed by atoms with E-state index in [0.29, 0.717) is 10.6 Å². The highest BCUT2D eigenvalue weighted by molar-refractivity contribution is 7.87. The first-order chi connectivity index (χ1) is 10.2. The van der Waals surface area contributed by atoms with Gasteiger partial charge in [0.05, 0.1) is 11.0 Å². The molecule has 0 atom stereocenters. The molecular weight excluding hydrogens is 332 g/mol. The maximum Gasteiger partial charge on any atom is 0.339 e. The number of nitro groups is 1. The normalized spacial score (nSPS) is 11.2. The predicted molar refractivity (Wildman–Crippen MR) is 81.5 cm³/mol. The number of nitrogen functional groups attached to an aromatic ring is 1. The molecule has 2 aromatic carbocycles. The summed E-state index contributed by atoms with van der Waals surface area (Å²) in [5, 5.41) is 11.2. The number of anilines is 1. The van der Waals surface area contributed by atoms with Gasteiger partial charge in [-0.15, -0.1) is 0 Å². The number of aryl methyl sites for hydroxylation is 1. The first-order valence-corrected chi connectivity index (χ1v) is 7.74. The molecule has 2 aromatic rings. The fourth-order valence-electron chi connectivity index (χ4n) is 1.80. The molecule has 0 aromatic heterocycles. The molecule has 0 fully saturated rings. The van der Waals surface area contributed by atoms with E-state index >= 15 is 0 Å². The van der Waals surface area contributed by atoms with E-state index in [1.807, 2.05) is 0 Å². The first kappa shape index (κ1) is 16.1. The third-order valence-electron chi connectivity index (χ3n) is 2.81. The van der Waals surface area contributed by atoms with Crippen LogP contribution in [0.25, 0.3) is 0 Å². The van der Waals surface area contributed by atoms with E-state index in [1.54, 1.807) is 6.92 Å². The van der Waals surface area contributed by atoms with E-state index in [2.05, 4.69) is 0 Å². The van der Waals surface area contributed by atoms with E-state index in [9.17, 15) is 18.5 Å². The number of hydrogen-bond acceptors (Lipinski definition) is 6. The largest absolute Gasteiger partial charge is 0.393 e. The van der Waals surface area contributed by atoms with E-state index < -0.39 is 20.7 Å². The van der Waals surface area contributed by atoms with Gasteiger partial charge in [-0.05, 0) is 42.8 Å². The van der Waals surface area contributed by atoms with E-state index in [0.717, 1.165) is 6.07 Å². The predicted octanol–water partition coefficient (Wildman–Crippen LogP) is 2.91. The van der Waals surface area contributed by atoms with Crippen molar-refractivity contribution < 1.29 is 17.5 Å². The van der Waals surface area contributed by atoms with E-state index in [4.69, 9.17) is 21.5 Å². The average molecular weight is 343 g/mol. The molecule has 9 heteroatoms. The van der Waals surface area contributed by atoms with Crippen molar-refractivity contribution in [3.05, 3.63) is 57.1 Å². The van der Waals surface area contributed by atoms with Crippen LogP contribution in [-0.2, 0) is 10.1 Å². The Balaban J connectivity index is 2.41. The molecule has 116 valence electrons. The fraction of sp³-hybridized carbons (Fsp3) is 0.0769. The summed E-state index contributed by atoms with van der Waals surface area (Å²) < 4.78 is 29.4. The number of rotatable bonds is 4. The lowest BCUT2D eigenvalue weighted by molar-refractivity contribution is -0.383. The lowest BCUT2D eigenvalue weighted by atomic mass is 10.2. The molecule has 2 rings (SSSR count). The zero-order chi connectivity index (χ0) is 16.5. The summed E-state index contributed by atoms with van der Waals surface area (Å²) in [4.78, 5) is 10.0. The number of nitro benzene ring substituents is 1. The fourth-order valence-corrected chi connectivity index (χ4v) is 3.16. The van der Waals surface area contributed by atoms with Crippen LogP contribution in [0.5, 0.6) is 5.75 Å². The Bertz CT molecular complexity index is 852. The second kappa shape index (κ2) is 5.82. The second-order valence-electron chi connectivity index (χ2n) is 4.43. The van der Waals surface area contributed by atoms with Gasteiger partial charge in [0.25, 0.3) is 5.69 Å². The van der Waals surface area contributed by atoms with Gasteiger partial charge >= 0.3 is 10.1 Å². The van der Waals surface area contributed by atoms with Crippen molar-refractivity contribution in [1.82, 2.24) is 0 Å². The number of benzene rings is 2. The van der Waals surface area contributed by atoms with Gasteiger partial charge in [-0.1, -0.05) is 11.6 Å². The van der Waals surface area contributed by atoms with Crippen molar-refractivity contribution in [1.29, 1.82) is 0 Å². The quantitative estimate of drug-likeness (QED) is 0.395. The average Bonchev–Trinajstić information content (AvgIpc) is 2.39. The minimum atomic E-state index is -4.14. The molecular formula is C13H11ClN2O5S. The summed E-state index contributed by atoms with van der Waals surface area (Å²) in [5.74, 6) is -0.199. The molecule has 0 saturated carbocycles. The third-order valence-corrected chi connectivity index (χ3v) is 4.45. The van der Waals surface area contributed by atoms with Crippen molar-refractivity contribution >= 4 is 33.1 Å². The maximum atomic E-state index is 12.2. The smallest absolute Gasteiger partial charge is 0.339 e. The highest BCUT2D eigenvalue weighted by Gasteiger charge is 2.21. The zero-order valence-corrected chi connectivity index (χ0v) is 12.9. The molecule has 22 heavy (non-hydrogen) atoms. The molecule has 0 amide bonds. The lowest BCUT2D eigenvalue weighted by Gasteiger charge is -2.10. The van der Waals surface area contributed by atoms with Crippen LogP contribution in [0.15, 0.2) is 41.3 Å². The highest BCUT2D eigenvalue weighted by atomic mass is 35.5. The number of hydrogen-bond donors (Lipinski definition) is 1. The lowest BCUT2D eigenvalue weighted by Crippen LogP contribution is -2.11. The Morgan fingerprint density at radius 1 is 1.23 bits per heavy atom. The van der Waals surface area contributed by atoms with Gasteiger partial charge in [0.1, 0.15) is 16.3 Å². The number of nitrogens with two attached hydrogens (primary N) is 1. The summed E-state index contributed by atoms with van der Waals surface area (Å²) in [6, 6.07) is 7.60. The standard InChI is InChI=1S/C13H11ClN2O5S/c1-8-6-9(14)2-5-13(8)22(19,20)21-10-3-4-11(15)12(7-10)16(17)18/h2-7H,15H2,1H3. The maximum absolute atomic E-state index is 12.2. The van der Waals surface area contributed by atoms with Crippen LogP contribution in [0.1, 0.15) is 5.56 Å². The molecule has 0 heterocycles. The minimum absolute atomic E-state index is 0.0728. The van der Waals surface area contributed by atoms with Crippen molar-refractivity contribution in [3.63, 3.8) is 0 Å². The molecule has 0 bridgehead atoms. The van der Waals surface area contributed by atoms with Crippen LogP contribution in [0.2, 0.25) is 5.02 Å². The number of halogens is 1. The number of nitrogens with zero attached hydrogens (tertiary/aromatic N) is 1. The SMILES string of the molecule is Cc1cc(Cl)ccc1S(=O)(=O)Oc1ccc(N)c([N+](=O)[O-])c1. The van der Waals surface area contributed by atoms with Crippen LogP contribution in [0, 0.1) is 17.0 Å². The second-order valence-corrected chi connectivity index (χ2v) is 6.38. The molecule has 0 aliphatic heterocycles. The Hall–Kier alpha value is -2.32. The zero-order valence-electron chi connectivity index (χ0n) is 11.3. The van der Waals surface area contributed by atoms with Gasteiger partial charge in [0.2, 0.25) is 0 Å². The van der Waals surface area contributed by atoms with Gasteiger partial charge in [-0.2, -0.15) is 8.42 Å². The van der Waals surface area contributed by atoms with Crippen LogP contribution >= 0.6 is 11.6 Å². The van der Waals surface area contributed by atoms with Crippen LogP contribution < -0.4 is 9.92 Å². The van der Waals surface area contributed by atoms with E-state index in [-0.39, 0.29) is 16.3 Å². The van der Waals surface area contributed by atoms with Crippen LogP contribution in [0.4, 0.5) is 11.4 Å². The molecule has 2 N–H and O–H groups in total. The van der Waals surface area contributed by atoms with Gasteiger partial charge in [0.15, 0.2) is 0 Å². The van der Waals surface area contributed by atoms with Crippen molar-refractivity contribution in [3.8, 4) is 5.75 Å². The Kier molecular flexibility index (Phi) is 4.25. The highest BCUT2D eigenvalue weighted by Crippen LogP contribution is 2.29. The summed E-state index contributed by atoms with van der Waals surface area (Å²) >= 11 is 5.78. The van der Waals surface area contributed by atoms with Gasteiger partial charge in [0, 0.05) is 5.02 Å². The van der Waals surface area contributed by atoms with Crippen molar-refractivity contribution in [2.45, 2.75) is 11.8 Å². The van der Waals surface area contributed by atoms with E-state index in [1.165, 1.54) is 30.3 Å². The summed E-state index contributed by atoms with van der Waals surface area (Å²) in [7, 11) is -4.14. The molecule has 0 spiro atoms. The molecule has 0 saturated heterocycles. The summed E-state index contributed by atoms with van der Waals surface area (Å²) in [6.07, 6.45) is 0. The third kappa shape index (κ3) is 3.29. The Morgan fingerprint density at radius 2 is 1.91 bits per heavy atom. The van der Waals surface area contributed by atoms with Gasteiger partial charge in [-0.25, -0.2) is 0 Å². The van der Waals surface area contributed by atoms with Crippen LogP contribution in [0.3, 0.4) is 0 Å². The Morgan fingerprint density at radius 3 is 2.50 bits per heavy atom. The summed E-state index contributed by atoms with van der Waals surface area (Å²) in [5.41, 5.74) is 5.33. The summed E-state index contributed by atoms with van der Waals surface area (Å²) in [6.45, 7) is 1.56. The molecule has 0 aliphatic rings.